The quantitative estimate of drug-likeness (QED) is 0.615. The van der Waals surface area contributed by atoms with Crippen LogP contribution in [0.1, 0.15) is 22.7 Å². The second kappa shape index (κ2) is 8.57. The van der Waals surface area contributed by atoms with Crippen LogP contribution < -0.4 is 10.5 Å². The molecule has 7 nitrogen and oxygen atoms in total. The summed E-state index contributed by atoms with van der Waals surface area (Å²) in [6.07, 6.45) is 10.6. The fraction of sp³-hybridized carbons (Fsp3) is 0.100. The molecule has 27 heavy (non-hydrogen) atoms. The van der Waals surface area contributed by atoms with E-state index in [0.717, 1.165) is 17.0 Å². The molecule has 0 radical (unpaired) electrons. The molecule has 0 aliphatic heterocycles. The van der Waals surface area contributed by atoms with Crippen molar-refractivity contribution in [2.75, 3.05) is 0 Å². The van der Waals surface area contributed by atoms with Crippen LogP contribution in [0.3, 0.4) is 0 Å². The van der Waals surface area contributed by atoms with Crippen molar-refractivity contribution in [2.45, 2.75) is 13.0 Å². The van der Waals surface area contributed by atoms with Gasteiger partial charge < -0.3 is 15.0 Å². The highest BCUT2D eigenvalue weighted by Gasteiger charge is 2.11. The third kappa shape index (κ3) is 4.88. The predicted molar refractivity (Wildman–Crippen MR) is 101 cm³/mol. The molecule has 0 unspecified atom stereocenters. The summed E-state index contributed by atoms with van der Waals surface area (Å²) >= 11 is 0. The number of allylic oxidation sites excluding steroid dienone is 3. The Bertz CT molecular complexity index is 946. The van der Waals surface area contributed by atoms with Gasteiger partial charge in [0.1, 0.15) is 6.61 Å². The number of hydrogen-bond donors (Lipinski definition) is 1. The summed E-state index contributed by atoms with van der Waals surface area (Å²) < 4.78 is 11.0. The van der Waals surface area contributed by atoms with E-state index >= 15 is 0 Å². The van der Waals surface area contributed by atoms with Crippen LogP contribution in [0, 0.1) is 0 Å². The first-order valence-electron chi connectivity index (χ1n) is 8.21. The van der Waals surface area contributed by atoms with Crippen molar-refractivity contribution in [3.05, 3.63) is 96.7 Å². The van der Waals surface area contributed by atoms with E-state index in [4.69, 9.17) is 15.0 Å². The molecule has 3 aromatic rings. The van der Waals surface area contributed by atoms with Gasteiger partial charge in [-0.2, -0.15) is 0 Å². The van der Waals surface area contributed by atoms with Crippen LogP contribution in [0.25, 0.3) is 5.57 Å². The van der Waals surface area contributed by atoms with Gasteiger partial charge in [-0.1, -0.05) is 30.5 Å². The molecule has 0 saturated carbocycles. The fourth-order valence-electron chi connectivity index (χ4n) is 2.35. The molecule has 3 heterocycles. The van der Waals surface area contributed by atoms with Gasteiger partial charge in [0.25, 0.3) is 0 Å². The lowest BCUT2D eigenvalue weighted by molar-refractivity contribution is 0.288. The third-order valence-electron chi connectivity index (χ3n) is 3.62. The number of nitrogens with zero attached hydrogens (tertiary/aromatic N) is 4. The summed E-state index contributed by atoms with van der Waals surface area (Å²) in [6.45, 7) is 7.71. The highest BCUT2D eigenvalue weighted by atomic mass is 16.5. The van der Waals surface area contributed by atoms with Crippen molar-refractivity contribution < 1.29 is 9.26 Å². The van der Waals surface area contributed by atoms with Crippen LogP contribution in [0.5, 0.6) is 5.88 Å². The molecule has 0 atom stereocenters. The maximum absolute atomic E-state index is 5.77. The Hall–Kier alpha value is -3.74. The minimum Gasteiger partial charge on any atom is -0.471 e. The van der Waals surface area contributed by atoms with Crippen molar-refractivity contribution in [3.63, 3.8) is 0 Å². The molecule has 0 aliphatic carbocycles. The van der Waals surface area contributed by atoms with Crippen molar-refractivity contribution >= 4 is 5.57 Å². The molecule has 3 rings (SSSR count). The molecule has 0 aliphatic rings. The zero-order valence-electron chi connectivity index (χ0n) is 14.7. The monoisotopic (exact) mass is 361 g/mol. The van der Waals surface area contributed by atoms with Gasteiger partial charge in [-0.05, 0) is 11.6 Å². The summed E-state index contributed by atoms with van der Waals surface area (Å²) in [7, 11) is 0. The first kappa shape index (κ1) is 18.1. The second-order valence-corrected chi connectivity index (χ2v) is 5.69. The van der Waals surface area contributed by atoms with E-state index in [1.807, 2.05) is 12.1 Å². The Morgan fingerprint density at radius 3 is 2.74 bits per heavy atom. The predicted octanol–water partition coefficient (Wildman–Crippen LogP) is 3.07. The Balaban J connectivity index is 1.62. The Morgan fingerprint density at radius 1 is 1.19 bits per heavy atom. The number of nitrogens with two attached hydrogens (primary N) is 1. The molecule has 0 fully saturated rings. The van der Waals surface area contributed by atoms with Crippen LogP contribution in [0.4, 0.5) is 0 Å². The van der Waals surface area contributed by atoms with Gasteiger partial charge in [0.2, 0.25) is 5.88 Å². The van der Waals surface area contributed by atoms with Gasteiger partial charge in [-0.15, -0.1) is 0 Å². The standard InChI is InChI=1S/C20H19N5O2/c1-3-4-18(14(2)21)19-10-16(25-27-19)9-15-5-6-20(24-11-15)26-13-17-12-22-7-8-23-17/h3-8,10-12H,1-2,9,13,21H2/b18-4+. The van der Waals surface area contributed by atoms with Gasteiger partial charge in [-0.3, -0.25) is 9.97 Å². The maximum atomic E-state index is 5.77. The number of pyridine rings is 1. The lowest BCUT2D eigenvalue weighted by Crippen LogP contribution is -2.00. The molecule has 0 bridgehead atoms. The molecular weight excluding hydrogens is 342 g/mol. The number of hydrogen-bond acceptors (Lipinski definition) is 7. The Labute approximate surface area is 156 Å². The van der Waals surface area contributed by atoms with Crippen molar-refractivity contribution in [1.29, 1.82) is 0 Å². The van der Waals surface area contributed by atoms with Gasteiger partial charge in [0.15, 0.2) is 5.76 Å². The average Bonchev–Trinajstić information content (AvgIpc) is 3.14. The minimum absolute atomic E-state index is 0.314. The summed E-state index contributed by atoms with van der Waals surface area (Å²) in [5.74, 6) is 1.06. The van der Waals surface area contributed by atoms with Crippen molar-refractivity contribution in [3.8, 4) is 5.88 Å². The summed E-state index contributed by atoms with van der Waals surface area (Å²) in [5, 5.41) is 4.07. The van der Waals surface area contributed by atoms with Crippen LogP contribution in [0.15, 0.2) is 78.5 Å². The van der Waals surface area contributed by atoms with Crippen LogP contribution in [0.2, 0.25) is 0 Å². The smallest absolute Gasteiger partial charge is 0.213 e. The SMILES string of the molecule is C=C/C=C(\C(=C)N)c1cc(Cc2ccc(OCc3cnccn3)nc2)no1. The van der Waals surface area contributed by atoms with Crippen molar-refractivity contribution in [1.82, 2.24) is 20.1 Å². The zero-order chi connectivity index (χ0) is 19.1. The van der Waals surface area contributed by atoms with Crippen LogP contribution >= 0.6 is 0 Å². The molecular formula is C20H19N5O2. The van der Waals surface area contributed by atoms with E-state index in [-0.39, 0.29) is 0 Å². The topological polar surface area (TPSA) is 100.0 Å². The van der Waals surface area contributed by atoms with Crippen LogP contribution in [-0.2, 0) is 13.0 Å². The average molecular weight is 361 g/mol. The summed E-state index contributed by atoms with van der Waals surface area (Å²) in [6, 6.07) is 5.55. The van der Waals surface area contributed by atoms with E-state index in [1.165, 1.54) is 0 Å². The molecule has 136 valence electrons. The van der Waals surface area contributed by atoms with Gasteiger partial charge >= 0.3 is 0 Å². The fourth-order valence-corrected chi connectivity index (χ4v) is 2.35. The summed E-state index contributed by atoms with van der Waals surface area (Å²) in [5.41, 5.74) is 9.30. The van der Waals surface area contributed by atoms with Crippen LogP contribution in [-0.4, -0.2) is 20.1 Å². The zero-order valence-corrected chi connectivity index (χ0v) is 14.7. The van der Waals surface area contributed by atoms with E-state index in [0.29, 0.717) is 35.9 Å². The molecule has 2 N–H and O–H groups in total. The van der Waals surface area contributed by atoms with E-state index in [9.17, 15) is 0 Å². The molecule has 7 heteroatoms. The lowest BCUT2D eigenvalue weighted by atomic mass is 10.1. The third-order valence-corrected chi connectivity index (χ3v) is 3.62. The molecule has 0 spiro atoms. The molecule has 0 saturated heterocycles. The lowest BCUT2D eigenvalue weighted by Gasteiger charge is -2.05. The largest absolute Gasteiger partial charge is 0.471 e. The summed E-state index contributed by atoms with van der Waals surface area (Å²) in [4.78, 5) is 12.4. The van der Waals surface area contributed by atoms with Crippen molar-refractivity contribution in [2.24, 2.45) is 5.73 Å². The van der Waals surface area contributed by atoms with Gasteiger partial charge in [0.05, 0.1) is 17.6 Å². The first-order chi connectivity index (χ1) is 13.2. The maximum Gasteiger partial charge on any atom is 0.213 e. The van der Waals surface area contributed by atoms with E-state index < -0.39 is 0 Å². The normalized spacial score (nSPS) is 11.2. The number of ether oxygens (including phenoxy) is 1. The molecule has 0 aromatic carbocycles. The second-order valence-electron chi connectivity index (χ2n) is 5.69. The molecule has 3 aromatic heterocycles. The highest BCUT2D eigenvalue weighted by molar-refractivity contribution is 5.75. The van der Waals surface area contributed by atoms with E-state index in [1.54, 1.807) is 43.0 Å². The number of rotatable bonds is 8. The van der Waals surface area contributed by atoms with Gasteiger partial charge in [-0.25, -0.2) is 4.98 Å². The Morgan fingerprint density at radius 2 is 2.07 bits per heavy atom. The first-order valence-corrected chi connectivity index (χ1v) is 8.21. The highest BCUT2D eigenvalue weighted by Crippen LogP contribution is 2.21. The van der Waals surface area contributed by atoms with E-state index in [2.05, 4.69) is 33.3 Å². The molecule has 0 amide bonds. The Kier molecular flexibility index (Phi) is 5.73. The number of aromatic nitrogens is 4. The minimum atomic E-state index is 0.314. The van der Waals surface area contributed by atoms with Gasteiger partial charge in [0, 0.05) is 48.4 Å².